The van der Waals surface area contributed by atoms with E-state index < -0.39 is 0 Å². The third-order valence-corrected chi connectivity index (χ3v) is 4.20. The molecule has 1 atom stereocenters. The summed E-state index contributed by atoms with van der Waals surface area (Å²) in [6.45, 7) is 2.17. The molecule has 0 aromatic heterocycles. The van der Waals surface area contributed by atoms with Gasteiger partial charge in [-0.15, -0.1) is 0 Å². The van der Waals surface area contributed by atoms with E-state index in [1.54, 1.807) is 0 Å². The van der Waals surface area contributed by atoms with E-state index in [2.05, 4.69) is 47.1 Å². The molecule has 0 saturated heterocycles. The maximum atomic E-state index is 6.48. The van der Waals surface area contributed by atoms with E-state index in [1.165, 1.54) is 31.2 Å². The van der Waals surface area contributed by atoms with Crippen LogP contribution in [0.15, 0.2) is 28.7 Å². The molecule has 15 heavy (non-hydrogen) atoms. The molecule has 0 heterocycles. The molecule has 0 aliphatic heterocycles. The van der Waals surface area contributed by atoms with Crippen molar-refractivity contribution in [3.05, 3.63) is 34.3 Å². The Hall–Kier alpha value is -0.340. The number of benzene rings is 1. The molecule has 0 amide bonds. The van der Waals surface area contributed by atoms with E-state index in [0.29, 0.717) is 5.92 Å². The average molecular weight is 268 g/mol. The second-order valence-corrected chi connectivity index (χ2v) is 5.69. The van der Waals surface area contributed by atoms with Crippen LogP contribution in [0.2, 0.25) is 0 Å². The van der Waals surface area contributed by atoms with Crippen LogP contribution in [0.3, 0.4) is 0 Å². The number of rotatable bonds is 2. The van der Waals surface area contributed by atoms with E-state index in [9.17, 15) is 0 Å². The molecule has 2 N–H and O–H groups in total. The molecular weight excluding hydrogens is 250 g/mol. The average Bonchev–Trinajstić information content (AvgIpc) is 2.71. The van der Waals surface area contributed by atoms with E-state index in [0.717, 1.165) is 4.47 Å². The molecule has 82 valence electrons. The topological polar surface area (TPSA) is 26.0 Å². The Morgan fingerprint density at radius 2 is 1.73 bits per heavy atom. The minimum Gasteiger partial charge on any atom is -0.321 e. The SMILES string of the molecule is CC(N)(c1ccc(Br)cc1)C1CCCC1. The quantitative estimate of drug-likeness (QED) is 0.867. The molecule has 1 aromatic carbocycles. The Balaban J connectivity index is 2.23. The van der Waals surface area contributed by atoms with Gasteiger partial charge in [0.15, 0.2) is 0 Å². The molecule has 1 nitrogen and oxygen atoms in total. The highest BCUT2D eigenvalue weighted by Gasteiger charge is 2.33. The van der Waals surface area contributed by atoms with Gasteiger partial charge in [0.1, 0.15) is 0 Å². The largest absolute Gasteiger partial charge is 0.321 e. The summed E-state index contributed by atoms with van der Waals surface area (Å²) < 4.78 is 1.12. The summed E-state index contributed by atoms with van der Waals surface area (Å²) in [6, 6.07) is 8.44. The molecule has 1 fully saturated rings. The summed E-state index contributed by atoms with van der Waals surface area (Å²) in [5.41, 5.74) is 7.58. The Morgan fingerprint density at radius 3 is 2.27 bits per heavy atom. The van der Waals surface area contributed by atoms with Crippen molar-refractivity contribution in [2.45, 2.75) is 38.1 Å². The number of halogens is 1. The zero-order chi connectivity index (χ0) is 10.9. The summed E-state index contributed by atoms with van der Waals surface area (Å²) in [6.07, 6.45) is 5.24. The third-order valence-electron chi connectivity index (χ3n) is 3.67. The van der Waals surface area contributed by atoms with Crippen molar-refractivity contribution in [1.29, 1.82) is 0 Å². The Labute approximate surface area is 100 Å². The van der Waals surface area contributed by atoms with Gasteiger partial charge in [-0.3, -0.25) is 0 Å². The van der Waals surface area contributed by atoms with Crippen molar-refractivity contribution in [2.24, 2.45) is 11.7 Å². The van der Waals surface area contributed by atoms with Crippen molar-refractivity contribution < 1.29 is 0 Å². The van der Waals surface area contributed by atoms with Gasteiger partial charge in [-0.1, -0.05) is 40.9 Å². The van der Waals surface area contributed by atoms with E-state index in [-0.39, 0.29) is 5.54 Å². The van der Waals surface area contributed by atoms with Gasteiger partial charge in [0.05, 0.1) is 0 Å². The molecule has 0 spiro atoms. The van der Waals surface area contributed by atoms with Gasteiger partial charge >= 0.3 is 0 Å². The Morgan fingerprint density at radius 1 is 1.20 bits per heavy atom. The molecule has 0 bridgehead atoms. The lowest BCUT2D eigenvalue weighted by atomic mass is 9.79. The van der Waals surface area contributed by atoms with Gasteiger partial charge in [-0.05, 0) is 43.4 Å². The van der Waals surface area contributed by atoms with Crippen molar-refractivity contribution >= 4 is 15.9 Å². The maximum absolute atomic E-state index is 6.48. The first-order valence-electron chi connectivity index (χ1n) is 5.65. The first-order valence-corrected chi connectivity index (χ1v) is 6.45. The van der Waals surface area contributed by atoms with Crippen LogP contribution in [0, 0.1) is 5.92 Å². The van der Waals surface area contributed by atoms with Crippen molar-refractivity contribution in [3.63, 3.8) is 0 Å². The summed E-state index contributed by atoms with van der Waals surface area (Å²) in [5, 5.41) is 0. The zero-order valence-corrected chi connectivity index (χ0v) is 10.8. The molecule has 1 aliphatic rings. The highest BCUT2D eigenvalue weighted by Crippen LogP contribution is 2.38. The summed E-state index contributed by atoms with van der Waals surface area (Å²) in [5.74, 6) is 0.652. The van der Waals surface area contributed by atoms with Crippen LogP contribution in [0.5, 0.6) is 0 Å². The van der Waals surface area contributed by atoms with Gasteiger partial charge in [0.2, 0.25) is 0 Å². The standard InChI is InChI=1S/C13H18BrN/c1-13(15,10-4-2-3-5-10)11-6-8-12(14)9-7-11/h6-10H,2-5,15H2,1H3. The predicted molar refractivity (Wildman–Crippen MR) is 67.6 cm³/mol. The Bertz CT molecular complexity index is 323. The van der Waals surface area contributed by atoms with Crippen LogP contribution >= 0.6 is 15.9 Å². The normalized spacial score (nSPS) is 21.5. The molecule has 1 saturated carbocycles. The highest BCUT2D eigenvalue weighted by atomic mass is 79.9. The minimum absolute atomic E-state index is 0.156. The van der Waals surface area contributed by atoms with E-state index >= 15 is 0 Å². The van der Waals surface area contributed by atoms with E-state index in [4.69, 9.17) is 5.73 Å². The first-order chi connectivity index (χ1) is 7.10. The van der Waals surface area contributed by atoms with Gasteiger partial charge in [0, 0.05) is 10.0 Å². The van der Waals surface area contributed by atoms with E-state index in [1.807, 2.05) is 0 Å². The first kappa shape index (κ1) is 11.2. The molecule has 2 rings (SSSR count). The van der Waals surface area contributed by atoms with Crippen LogP contribution in [0.1, 0.15) is 38.2 Å². The second-order valence-electron chi connectivity index (χ2n) is 4.77. The minimum atomic E-state index is -0.156. The summed E-state index contributed by atoms with van der Waals surface area (Å²) >= 11 is 3.45. The predicted octanol–water partition coefficient (Wildman–Crippen LogP) is 3.81. The van der Waals surface area contributed by atoms with Crippen LogP contribution in [-0.2, 0) is 5.54 Å². The lowest BCUT2D eigenvalue weighted by molar-refractivity contribution is 0.307. The van der Waals surface area contributed by atoms with Gasteiger partial charge in [0.25, 0.3) is 0 Å². The Kier molecular flexibility index (Phi) is 3.17. The fraction of sp³-hybridized carbons (Fsp3) is 0.538. The molecular formula is C13H18BrN. The van der Waals surface area contributed by atoms with Gasteiger partial charge in [-0.2, -0.15) is 0 Å². The van der Waals surface area contributed by atoms with Crippen molar-refractivity contribution in [3.8, 4) is 0 Å². The number of hydrogen-bond acceptors (Lipinski definition) is 1. The van der Waals surface area contributed by atoms with Gasteiger partial charge in [-0.25, -0.2) is 0 Å². The molecule has 2 heteroatoms. The van der Waals surface area contributed by atoms with Crippen LogP contribution in [0.4, 0.5) is 0 Å². The summed E-state index contributed by atoms with van der Waals surface area (Å²) in [4.78, 5) is 0. The number of hydrogen-bond donors (Lipinski definition) is 1. The summed E-state index contributed by atoms with van der Waals surface area (Å²) in [7, 11) is 0. The van der Waals surface area contributed by atoms with Gasteiger partial charge < -0.3 is 5.73 Å². The molecule has 1 aliphatic carbocycles. The molecule has 0 radical (unpaired) electrons. The fourth-order valence-electron chi connectivity index (χ4n) is 2.57. The lowest BCUT2D eigenvalue weighted by Crippen LogP contribution is -2.39. The third kappa shape index (κ3) is 2.26. The number of nitrogens with two attached hydrogens (primary N) is 1. The smallest absolute Gasteiger partial charge is 0.0409 e. The van der Waals surface area contributed by atoms with Crippen LogP contribution in [-0.4, -0.2) is 0 Å². The van der Waals surface area contributed by atoms with Crippen molar-refractivity contribution in [2.75, 3.05) is 0 Å². The molecule has 1 unspecified atom stereocenters. The maximum Gasteiger partial charge on any atom is 0.0409 e. The highest BCUT2D eigenvalue weighted by molar-refractivity contribution is 9.10. The van der Waals surface area contributed by atoms with Crippen LogP contribution < -0.4 is 5.73 Å². The van der Waals surface area contributed by atoms with Crippen molar-refractivity contribution in [1.82, 2.24) is 0 Å². The van der Waals surface area contributed by atoms with Crippen LogP contribution in [0.25, 0.3) is 0 Å². The monoisotopic (exact) mass is 267 g/mol. The zero-order valence-electron chi connectivity index (χ0n) is 9.17. The second kappa shape index (κ2) is 4.26. The lowest BCUT2D eigenvalue weighted by Gasteiger charge is -2.32. The fourth-order valence-corrected chi connectivity index (χ4v) is 2.83. The molecule has 1 aromatic rings.